The highest BCUT2D eigenvalue weighted by atomic mass is 15.3. The summed E-state index contributed by atoms with van der Waals surface area (Å²) in [6, 6.07) is 10.3. The van der Waals surface area contributed by atoms with Crippen LogP contribution in [0.3, 0.4) is 0 Å². The van der Waals surface area contributed by atoms with Crippen LogP contribution in [-0.4, -0.2) is 19.3 Å². The average Bonchev–Trinajstić information content (AvgIpc) is 3.13. The molecule has 114 valence electrons. The third kappa shape index (κ3) is 3.03. The Hall–Kier alpha value is -2.56. The number of aromatic nitrogens is 4. The maximum Gasteiger partial charge on any atom is 0.110 e. The molecule has 0 fully saturated rings. The largest absolute Gasteiger partial charge is 0.377 e. The molecule has 3 rings (SSSR count). The highest BCUT2D eigenvalue weighted by Gasteiger charge is 2.08. The van der Waals surface area contributed by atoms with Gasteiger partial charge in [-0.3, -0.25) is 9.25 Å². The van der Waals surface area contributed by atoms with Crippen LogP contribution in [0.2, 0.25) is 0 Å². The fraction of sp³-hybridized carbons (Fsp3) is 0.294. The summed E-state index contributed by atoms with van der Waals surface area (Å²) in [5.74, 6) is 0.990. The number of anilines is 1. The fourth-order valence-corrected chi connectivity index (χ4v) is 2.54. The van der Waals surface area contributed by atoms with Crippen molar-refractivity contribution in [2.75, 3.05) is 5.32 Å². The molecule has 3 aromatic rings. The molecule has 5 heteroatoms. The second-order valence-electron chi connectivity index (χ2n) is 5.31. The molecule has 2 aromatic heterocycles. The maximum absolute atomic E-state index is 4.44. The zero-order valence-electron chi connectivity index (χ0n) is 13.0. The highest BCUT2D eigenvalue weighted by molar-refractivity contribution is 5.40. The lowest BCUT2D eigenvalue weighted by molar-refractivity contribution is 0.603. The number of para-hydroxylation sites is 1. The number of hydrogen-bond donors (Lipinski definition) is 1. The van der Waals surface area contributed by atoms with E-state index in [1.807, 2.05) is 48.4 Å². The smallest absolute Gasteiger partial charge is 0.110 e. The first-order valence-corrected chi connectivity index (χ1v) is 7.63. The zero-order chi connectivity index (χ0) is 15.4. The predicted molar refractivity (Wildman–Crippen MR) is 88.1 cm³/mol. The molecular weight excluding hydrogens is 274 g/mol. The van der Waals surface area contributed by atoms with Gasteiger partial charge in [0.25, 0.3) is 0 Å². The van der Waals surface area contributed by atoms with Crippen molar-refractivity contribution in [1.82, 2.24) is 19.3 Å². The third-order valence-corrected chi connectivity index (χ3v) is 3.59. The fourth-order valence-electron chi connectivity index (χ4n) is 2.54. The summed E-state index contributed by atoms with van der Waals surface area (Å²) >= 11 is 0. The topological polar surface area (TPSA) is 47.7 Å². The minimum absolute atomic E-state index is 0.716. The van der Waals surface area contributed by atoms with Gasteiger partial charge in [-0.25, -0.2) is 4.98 Å². The summed E-state index contributed by atoms with van der Waals surface area (Å²) in [5.41, 5.74) is 3.30. The van der Waals surface area contributed by atoms with Crippen LogP contribution < -0.4 is 5.32 Å². The van der Waals surface area contributed by atoms with Crippen molar-refractivity contribution in [3.05, 3.63) is 60.4 Å². The molecule has 0 amide bonds. The van der Waals surface area contributed by atoms with Crippen molar-refractivity contribution >= 4 is 5.69 Å². The SMILES string of the molecule is CCCn1cc(NCc2cnc(C)n2-c2ccccc2)cn1. The van der Waals surface area contributed by atoms with Crippen LogP contribution in [0.5, 0.6) is 0 Å². The lowest BCUT2D eigenvalue weighted by Crippen LogP contribution is -2.07. The Morgan fingerprint density at radius 2 is 1.95 bits per heavy atom. The van der Waals surface area contributed by atoms with Gasteiger partial charge < -0.3 is 5.32 Å². The molecular formula is C17H21N5. The van der Waals surface area contributed by atoms with Crippen molar-refractivity contribution < 1.29 is 0 Å². The summed E-state index contributed by atoms with van der Waals surface area (Å²) in [6.45, 7) is 5.84. The van der Waals surface area contributed by atoms with Gasteiger partial charge in [0.2, 0.25) is 0 Å². The predicted octanol–water partition coefficient (Wildman–Crippen LogP) is 3.40. The zero-order valence-corrected chi connectivity index (χ0v) is 13.0. The van der Waals surface area contributed by atoms with Crippen molar-refractivity contribution in [3.8, 4) is 5.69 Å². The summed E-state index contributed by atoms with van der Waals surface area (Å²) < 4.78 is 4.13. The van der Waals surface area contributed by atoms with Crippen LogP contribution in [0.15, 0.2) is 48.9 Å². The van der Waals surface area contributed by atoms with Gasteiger partial charge >= 0.3 is 0 Å². The molecule has 0 bridgehead atoms. The second kappa shape index (κ2) is 6.47. The van der Waals surface area contributed by atoms with E-state index in [2.05, 4.69) is 39.0 Å². The van der Waals surface area contributed by atoms with E-state index in [1.165, 1.54) is 0 Å². The Kier molecular flexibility index (Phi) is 4.23. The first kappa shape index (κ1) is 14.4. The molecule has 0 aliphatic heterocycles. The van der Waals surface area contributed by atoms with E-state index in [0.717, 1.165) is 35.9 Å². The lowest BCUT2D eigenvalue weighted by Gasteiger charge is -2.11. The van der Waals surface area contributed by atoms with Crippen LogP contribution in [-0.2, 0) is 13.1 Å². The van der Waals surface area contributed by atoms with Crippen molar-refractivity contribution in [2.24, 2.45) is 0 Å². The Labute approximate surface area is 130 Å². The first-order chi connectivity index (χ1) is 10.8. The lowest BCUT2D eigenvalue weighted by atomic mass is 10.3. The van der Waals surface area contributed by atoms with Gasteiger partial charge in [-0.2, -0.15) is 5.10 Å². The molecule has 1 N–H and O–H groups in total. The maximum atomic E-state index is 4.44. The first-order valence-electron chi connectivity index (χ1n) is 7.63. The Morgan fingerprint density at radius 3 is 2.73 bits per heavy atom. The van der Waals surface area contributed by atoms with Gasteiger partial charge in [-0.15, -0.1) is 0 Å². The van der Waals surface area contributed by atoms with E-state index in [-0.39, 0.29) is 0 Å². The molecule has 2 heterocycles. The molecule has 0 atom stereocenters. The number of imidazole rings is 1. The number of benzene rings is 1. The number of nitrogens with zero attached hydrogens (tertiary/aromatic N) is 4. The van der Waals surface area contributed by atoms with Crippen LogP contribution in [0.1, 0.15) is 24.9 Å². The molecule has 5 nitrogen and oxygen atoms in total. The summed E-state index contributed by atoms with van der Waals surface area (Å²) in [4.78, 5) is 4.44. The standard InChI is InChI=1S/C17H21N5/c1-3-9-21-13-15(10-20-21)19-12-17-11-18-14(2)22(17)16-7-5-4-6-8-16/h4-8,10-11,13,19H,3,9,12H2,1-2H3. The van der Waals surface area contributed by atoms with Crippen molar-refractivity contribution in [1.29, 1.82) is 0 Å². The van der Waals surface area contributed by atoms with E-state index in [1.54, 1.807) is 0 Å². The van der Waals surface area contributed by atoms with Gasteiger partial charge in [0.15, 0.2) is 0 Å². The summed E-state index contributed by atoms with van der Waals surface area (Å²) in [5, 5.41) is 7.75. The minimum Gasteiger partial charge on any atom is -0.377 e. The Morgan fingerprint density at radius 1 is 1.14 bits per heavy atom. The molecule has 0 unspecified atom stereocenters. The van der Waals surface area contributed by atoms with E-state index in [0.29, 0.717) is 6.54 Å². The van der Waals surface area contributed by atoms with Crippen LogP contribution in [0.25, 0.3) is 5.69 Å². The molecule has 0 saturated carbocycles. The molecule has 0 aliphatic carbocycles. The normalized spacial score (nSPS) is 10.8. The second-order valence-corrected chi connectivity index (χ2v) is 5.31. The molecule has 0 radical (unpaired) electrons. The molecule has 0 saturated heterocycles. The van der Waals surface area contributed by atoms with Crippen LogP contribution >= 0.6 is 0 Å². The van der Waals surface area contributed by atoms with Crippen molar-refractivity contribution in [2.45, 2.75) is 33.4 Å². The van der Waals surface area contributed by atoms with Gasteiger partial charge in [-0.1, -0.05) is 25.1 Å². The Balaban J connectivity index is 1.76. The molecule has 1 aromatic carbocycles. The summed E-state index contributed by atoms with van der Waals surface area (Å²) in [7, 11) is 0. The number of hydrogen-bond acceptors (Lipinski definition) is 3. The van der Waals surface area contributed by atoms with Gasteiger partial charge in [0.05, 0.1) is 30.3 Å². The number of nitrogens with one attached hydrogen (secondary N) is 1. The van der Waals surface area contributed by atoms with Crippen LogP contribution in [0.4, 0.5) is 5.69 Å². The van der Waals surface area contributed by atoms with Gasteiger partial charge in [0, 0.05) is 18.4 Å². The highest BCUT2D eigenvalue weighted by Crippen LogP contribution is 2.16. The van der Waals surface area contributed by atoms with Gasteiger partial charge in [0.1, 0.15) is 5.82 Å². The van der Waals surface area contributed by atoms with Gasteiger partial charge in [-0.05, 0) is 25.5 Å². The minimum atomic E-state index is 0.716. The third-order valence-electron chi connectivity index (χ3n) is 3.59. The molecule has 0 aliphatic rings. The molecule has 22 heavy (non-hydrogen) atoms. The van der Waals surface area contributed by atoms with Crippen LogP contribution in [0, 0.1) is 6.92 Å². The van der Waals surface area contributed by atoms with Crippen molar-refractivity contribution in [3.63, 3.8) is 0 Å². The average molecular weight is 295 g/mol. The molecule has 0 spiro atoms. The quantitative estimate of drug-likeness (QED) is 0.758. The summed E-state index contributed by atoms with van der Waals surface area (Å²) in [6.07, 6.45) is 6.91. The van der Waals surface area contributed by atoms with E-state index >= 15 is 0 Å². The van der Waals surface area contributed by atoms with E-state index in [4.69, 9.17) is 0 Å². The van der Waals surface area contributed by atoms with E-state index < -0.39 is 0 Å². The Bertz CT molecular complexity index is 727. The number of aryl methyl sites for hydroxylation is 2. The monoisotopic (exact) mass is 295 g/mol. The van der Waals surface area contributed by atoms with E-state index in [9.17, 15) is 0 Å². The number of rotatable bonds is 6.